The summed E-state index contributed by atoms with van der Waals surface area (Å²) in [6, 6.07) is 5.68. The molecule has 0 unspecified atom stereocenters. The molecule has 1 aromatic rings. The number of benzene rings is 1. The first-order valence-electron chi connectivity index (χ1n) is 6.32. The minimum Gasteiger partial charge on any atom is -0.380 e. The first kappa shape index (κ1) is 15.8. The lowest BCUT2D eigenvalue weighted by Crippen LogP contribution is -2.19. The van der Waals surface area contributed by atoms with Crippen LogP contribution in [-0.2, 0) is 11.3 Å². The van der Waals surface area contributed by atoms with Gasteiger partial charge in [0.25, 0.3) is 0 Å². The van der Waals surface area contributed by atoms with Crippen molar-refractivity contribution < 1.29 is 4.74 Å². The van der Waals surface area contributed by atoms with E-state index in [4.69, 9.17) is 27.9 Å². The Morgan fingerprint density at radius 2 is 1.94 bits per heavy atom. The van der Waals surface area contributed by atoms with Gasteiger partial charge in [-0.2, -0.15) is 0 Å². The number of hydrogen-bond acceptors (Lipinski definition) is 2. The highest BCUT2D eigenvalue weighted by Gasteiger charge is 1.99. The van der Waals surface area contributed by atoms with E-state index in [9.17, 15) is 0 Å². The molecule has 0 heterocycles. The topological polar surface area (TPSA) is 21.3 Å². The average Bonchev–Trinajstić information content (AvgIpc) is 2.32. The number of hydrogen-bond donors (Lipinski definition) is 1. The lowest BCUT2D eigenvalue weighted by molar-refractivity contribution is 0.125. The molecule has 2 nitrogen and oxygen atoms in total. The first-order valence-corrected chi connectivity index (χ1v) is 7.07. The fraction of sp³-hybridized carbons (Fsp3) is 0.571. The fourth-order valence-corrected chi connectivity index (χ4v) is 1.77. The third kappa shape index (κ3) is 6.60. The molecule has 0 saturated carbocycles. The SMILES string of the molecule is CC(C)CCOCCNCc1ccc(Cl)c(Cl)c1. The Kier molecular flexibility index (Phi) is 7.68. The fourth-order valence-electron chi connectivity index (χ4n) is 1.45. The zero-order chi connectivity index (χ0) is 13.4. The van der Waals surface area contributed by atoms with Crippen LogP contribution in [0.15, 0.2) is 18.2 Å². The number of rotatable bonds is 8. The predicted octanol–water partition coefficient (Wildman–Crippen LogP) is 4.15. The second-order valence-corrected chi connectivity index (χ2v) is 5.53. The molecule has 0 aliphatic heterocycles. The van der Waals surface area contributed by atoms with Gasteiger partial charge in [0.05, 0.1) is 16.7 Å². The predicted molar refractivity (Wildman–Crippen MR) is 78.4 cm³/mol. The van der Waals surface area contributed by atoms with Crippen molar-refractivity contribution >= 4 is 23.2 Å². The largest absolute Gasteiger partial charge is 0.380 e. The van der Waals surface area contributed by atoms with Crippen molar-refractivity contribution in [3.05, 3.63) is 33.8 Å². The summed E-state index contributed by atoms with van der Waals surface area (Å²) in [7, 11) is 0. The molecule has 1 aromatic carbocycles. The van der Waals surface area contributed by atoms with Crippen LogP contribution in [0.4, 0.5) is 0 Å². The zero-order valence-electron chi connectivity index (χ0n) is 11.0. The Morgan fingerprint density at radius 3 is 2.61 bits per heavy atom. The maximum absolute atomic E-state index is 5.94. The molecule has 0 aliphatic carbocycles. The molecule has 0 bridgehead atoms. The monoisotopic (exact) mass is 289 g/mol. The van der Waals surface area contributed by atoms with Gasteiger partial charge in [-0.15, -0.1) is 0 Å². The van der Waals surface area contributed by atoms with Crippen molar-refractivity contribution in [2.75, 3.05) is 19.8 Å². The summed E-state index contributed by atoms with van der Waals surface area (Å²) >= 11 is 11.8. The summed E-state index contributed by atoms with van der Waals surface area (Å²) in [6.07, 6.45) is 1.12. The van der Waals surface area contributed by atoms with Gasteiger partial charge in [-0.3, -0.25) is 0 Å². The van der Waals surface area contributed by atoms with Crippen molar-refractivity contribution in [2.45, 2.75) is 26.8 Å². The van der Waals surface area contributed by atoms with Crippen LogP contribution >= 0.6 is 23.2 Å². The Labute approximate surface area is 120 Å². The van der Waals surface area contributed by atoms with Crippen molar-refractivity contribution in [2.24, 2.45) is 5.92 Å². The molecule has 0 amide bonds. The summed E-state index contributed by atoms with van der Waals surface area (Å²) in [5.41, 5.74) is 1.13. The minimum atomic E-state index is 0.595. The van der Waals surface area contributed by atoms with Crippen molar-refractivity contribution in [1.29, 1.82) is 0 Å². The van der Waals surface area contributed by atoms with E-state index >= 15 is 0 Å². The van der Waals surface area contributed by atoms with Gasteiger partial charge >= 0.3 is 0 Å². The third-order valence-corrected chi connectivity index (χ3v) is 3.31. The molecule has 1 N–H and O–H groups in total. The molecule has 18 heavy (non-hydrogen) atoms. The highest BCUT2D eigenvalue weighted by Crippen LogP contribution is 2.22. The number of ether oxygens (including phenoxy) is 1. The van der Waals surface area contributed by atoms with E-state index < -0.39 is 0 Å². The maximum Gasteiger partial charge on any atom is 0.0595 e. The Morgan fingerprint density at radius 1 is 1.17 bits per heavy atom. The molecule has 0 atom stereocenters. The van der Waals surface area contributed by atoms with Crippen LogP contribution in [0.3, 0.4) is 0 Å². The van der Waals surface area contributed by atoms with Crippen LogP contribution in [-0.4, -0.2) is 19.8 Å². The highest BCUT2D eigenvalue weighted by molar-refractivity contribution is 6.42. The second kappa shape index (κ2) is 8.76. The van der Waals surface area contributed by atoms with Gasteiger partial charge in [-0.25, -0.2) is 0 Å². The third-order valence-electron chi connectivity index (χ3n) is 2.58. The highest BCUT2D eigenvalue weighted by atomic mass is 35.5. The van der Waals surface area contributed by atoms with E-state index in [2.05, 4.69) is 19.2 Å². The van der Waals surface area contributed by atoms with E-state index in [0.717, 1.165) is 38.3 Å². The summed E-state index contributed by atoms with van der Waals surface area (Å²) in [5, 5.41) is 4.51. The Balaban J connectivity index is 2.09. The smallest absolute Gasteiger partial charge is 0.0595 e. The molecular weight excluding hydrogens is 269 g/mol. The van der Waals surface area contributed by atoms with E-state index in [1.807, 2.05) is 18.2 Å². The summed E-state index contributed by atoms with van der Waals surface area (Å²) in [5.74, 6) is 0.703. The van der Waals surface area contributed by atoms with Crippen LogP contribution in [0.2, 0.25) is 10.0 Å². The second-order valence-electron chi connectivity index (χ2n) is 4.72. The van der Waals surface area contributed by atoms with E-state index in [1.54, 1.807) is 0 Å². The summed E-state index contributed by atoms with van der Waals surface area (Å²) in [4.78, 5) is 0. The van der Waals surface area contributed by atoms with E-state index in [-0.39, 0.29) is 0 Å². The summed E-state index contributed by atoms with van der Waals surface area (Å²) < 4.78 is 5.52. The number of halogens is 2. The molecule has 4 heteroatoms. The van der Waals surface area contributed by atoms with Crippen LogP contribution in [0, 0.1) is 5.92 Å². The van der Waals surface area contributed by atoms with Crippen LogP contribution < -0.4 is 5.32 Å². The number of nitrogens with one attached hydrogen (secondary N) is 1. The van der Waals surface area contributed by atoms with E-state index in [0.29, 0.717) is 16.0 Å². The van der Waals surface area contributed by atoms with Gasteiger partial charge in [0, 0.05) is 19.7 Å². The van der Waals surface area contributed by atoms with Crippen molar-refractivity contribution in [3.8, 4) is 0 Å². The zero-order valence-corrected chi connectivity index (χ0v) is 12.5. The lowest BCUT2D eigenvalue weighted by atomic mass is 10.1. The molecule has 1 rings (SSSR count). The molecule has 102 valence electrons. The molecule has 0 aliphatic rings. The van der Waals surface area contributed by atoms with Crippen molar-refractivity contribution in [1.82, 2.24) is 5.32 Å². The standard InChI is InChI=1S/C14H21Cl2NO/c1-11(2)5-7-18-8-6-17-10-12-3-4-13(15)14(16)9-12/h3-4,9,11,17H,5-8,10H2,1-2H3. The average molecular weight is 290 g/mol. The van der Waals surface area contributed by atoms with Crippen LogP contribution in [0.25, 0.3) is 0 Å². The van der Waals surface area contributed by atoms with Crippen LogP contribution in [0.1, 0.15) is 25.8 Å². The van der Waals surface area contributed by atoms with Gasteiger partial charge in [0.1, 0.15) is 0 Å². The lowest BCUT2D eigenvalue weighted by Gasteiger charge is -2.08. The normalized spacial score (nSPS) is 11.2. The molecule has 0 spiro atoms. The Bertz CT molecular complexity index is 356. The maximum atomic E-state index is 5.94. The molecular formula is C14H21Cl2NO. The first-order chi connectivity index (χ1) is 8.59. The summed E-state index contributed by atoms with van der Waals surface area (Å²) in [6.45, 7) is 7.61. The molecule has 0 aromatic heterocycles. The van der Waals surface area contributed by atoms with E-state index in [1.165, 1.54) is 0 Å². The minimum absolute atomic E-state index is 0.595. The van der Waals surface area contributed by atoms with Gasteiger partial charge in [0.15, 0.2) is 0 Å². The van der Waals surface area contributed by atoms with Gasteiger partial charge < -0.3 is 10.1 Å². The van der Waals surface area contributed by atoms with Crippen molar-refractivity contribution in [3.63, 3.8) is 0 Å². The molecule has 0 saturated heterocycles. The quantitative estimate of drug-likeness (QED) is 0.726. The van der Waals surface area contributed by atoms with Gasteiger partial charge in [-0.05, 0) is 30.0 Å². The Hall–Kier alpha value is -0.280. The van der Waals surface area contributed by atoms with Gasteiger partial charge in [0.2, 0.25) is 0 Å². The van der Waals surface area contributed by atoms with Crippen LogP contribution in [0.5, 0.6) is 0 Å². The molecule has 0 radical (unpaired) electrons. The van der Waals surface area contributed by atoms with Gasteiger partial charge in [-0.1, -0.05) is 43.1 Å². The molecule has 0 fully saturated rings.